The van der Waals surface area contributed by atoms with Crippen LogP contribution in [0.3, 0.4) is 0 Å². The number of ether oxygens (including phenoxy) is 1. The van der Waals surface area contributed by atoms with Crippen LogP contribution in [0.1, 0.15) is 39.2 Å². The second-order valence-corrected chi connectivity index (χ2v) is 7.37. The molecule has 1 amide bonds. The monoisotopic (exact) mass is 416 g/mol. The first kappa shape index (κ1) is 22.9. The van der Waals surface area contributed by atoms with Crippen molar-refractivity contribution in [2.45, 2.75) is 40.2 Å². The van der Waals surface area contributed by atoms with E-state index in [1.807, 2.05) is 51.1 Å². The van der Waals surface area contributed by atoms with Crippen LogP contribution in [0.15, 0.2) is 39.9 Å². The SMILES string of the molecule is CCCC(=O)OCC(=O)N(CC(C)C)c1c(N)n(Cc2ccccc2)c(=O)[nH]c1=O. The van der Waals surface area contributed by atoms with Crippen LogP contribution in [-0.4, -0.2) is 34.6 Å². The van der Waals surface area contributed by atoms with Crippen LogP contribution in [0.2, 0.25) is 0 Å². The summed E-state index contributed by atoms with van der Waals surface area (Å²) in [5, 5.41) is 0. The second-order valence-electron chi connectivity index (χ2n) is 7.37. The lowest BCUT2D eigenvalue weighted by molar-refractivity contribution is -0.147. The number of esters is 1. The number of nitrogens with one attached hydrogen (secondary N) is 1. The largest absolute Gasteiger partial charge is 0.456 e. The van der Waals surface area contributed by atoms with Crippen LogP contribution in [0, 0.1) is 5.92 Å². The van der Waals surface area contributed by atoms with Gasteiger partial charge in [-0.3, -0.25) is 23.9 Å². The molecule has 0 radical (unpaired) electrons. The van der Waals surface area contributed by atoms with Gasteiger partial charge in [-0.25, -0.2) is 4.79 Å². The van der Waals surface area contributed by atoms with Crippen LogP contribution in [0.4, 0.5) is 11.5 Å². The van der Waals surface area contributed by atoms with E-state index in [4.69, 9.17) is 10.5 Å². The zero-order valence-electron chi connectivity index (χ0n) is 17.5. The summed E-state index contributed by atoms with van der Waals surface area (Å²) >= 11 is 0. The van der Waals surface area contributed by atoms with E-state index >= 15 is 0 Å². The molecule has 0 bridgehead atoms. The van der Waals surface area contributed by atoms with Crippen molar-refractivity contribution >= 4 is 23.4 Å². The van der Waals surface area contributed by atoms with E-state index in [2.05, 4.69) is 4.98 Å². The van der Waals surface area contributed by atoms with E-state index in [0.717, 1.165) is 5.56 Å². The van der Waals surface area contributed by atoms with E-state index < -0.39 is 29.7 Å². The molecule has 0 saturated carbocycles. The fourth-order valence-electron chi connectivity index (χ4n) is 2.94. The number of amides is 1. The zero-order valence-corrected chi connectivity index (χ0v) is 17.5. The van der Waals surface area contributed by atoms with Crippen molar-refractivity contribution in [1.82, 2.24) is 9.55 Å². The highest BCUT2D eigenvalue weighted by atomic mass is 16.5. The van der Waals surface area contributed by atoms with Gasteiger partial charge in [0.15, 0.2) is 12.3 Å². The molecule has 0 atom stereocenters. The molecule has 2 rings (SSSR count). The maximum Gasteiger partial charge on any atom is 0.330 e. The Kier molecular flexibility index (Phi) is 7.97. The molecule has 0 spiro atoms. The number of carbonyl (C=O) groups is 2. The highest BCUT2D eigenvalue weighted by Crippen LogP contribution is 2.19. The Morgan fingerprint density at radius 1 is 1.20 bits per heavy atom. The number of benzene rings is 1. The first-order valence-corrected chi connectivity index (χ1v) is 9.87. The van der Waals surface area contributed by atoms with Crippen molar-refractivity contribution in [3.05, 3.63) is 56.7 Å². The molecule has 162 valence electrons. The molecule has 0 aliphatic rings. The van der Waals surface area contributed by atoms with Gasteiger partial charge >= 0.3 is 11.7 Å². The van der Waals surface area contributed by atoms with E-state index in [1.165, 1.54) is 9.47 Å². The Morgan fingerprint density at radius 3 is 2.47 bits per heavy atom. The minimum atomic E-state index is -0.768. The fourth-order valence-corrected chi connectivity index (χ4v) is 2.94. The summed E-state index contributed by atoms with van der Waals surface area (Å²) in [7, 11) is 0. The van der Waals surface area contributed by atoms with Gasteiger partial charge in [-0.05, 0) is 17.9 Å². The van der Waals surface area contributed by atoms with Gasteiger partial charge in [0, 0.05) is 13.0 Å². The van der Waals surface area contributed by atoms with Crippen LogP contribution in [0.5, 0.6) is 0 Å². The van der Waals surface area contributed by atoms with Crippen molar-refractivity contribution in [2.75, 3.05) is 23.8 Å². The summed E-state index contributed by atoms with van der Waals surface area (Å²) < 4.78 is 6.21. The standard InChI is InChI=1S/C21H28N4O5/c1-4-8-17(27)30-13-16(26)24(11-14(2)3)18-19(22)25(21(29)23-20(18)28)12-15-9-6-5-7-10-15/h5-7,9-10,14H,4,8,11-13,22H2,1-3H3,(H,23,28,29). The summed E-state index contributed by atoms with van der Waals surface area (Å²) in [4.78, 5) is 52.8. The Labute approximate surface area is 174 Å². The first-order chi connectivity index (χ1) is 14.2. The molecule has 30 heavy (non-hydrogen) atoms. The lowest BCUT2D eigenvalue weighted by Gasteiger charge is -2.26. The summed E-state index contributed by atoms with van der Waals surface area (Å²) in [5.41, 5.74) is 5.43. The van der Waals surface area contributed by atoms with E-state index in [9.17, 15) is 19.2 Å². The Hall–Kier alpha value is -3.36. The normalized spacial score (nSPS) is 10.8. The average molecular weight is 416 g/mol. The number of carbonyl (C=O) groups excluding carboxylic acids is 2. The third-order valence-corrected chi connectivity index (χ3v) is 4.33. The third kappa shape index (κ3) is 5.82. The van der Waals surface area contributed by atoms with Gasteiger partial charge < -0.3 is 15.4 Å². The molecule has 1 aromatic heterocycles. The first-order valence-electron chi connectivity index (χ1n) is 9.87. The number of nitrogen functional groups attached to an aromatic ring is 1. The number of aromatic amines is 1. The van der Waals surface area contributed by atoms with Crippen molar-refractivity contribution in [3.8, 4) is 0 Å². The summed E-state index contributed by atoms with van der Waals surface area (Å²) in [6.07, 6.45) is 0.794. The number of aromatic nitrogens is 2. The van der Waals surface area contributed by atoms with Gasteiger partial charge in [-0.2, -0.15) is 0 Å². The quantitative estimate of drug-likeness (QED) is 0.596. The molecule has 0 aliphatic heterocycles. The topological polar surface area (TPSA) is 127 Å². The minimum Gasteiger partial charge on any atom is -0.456 e. The van der Waals surface area contributed by atoms with Crippen LogP contribution in [0.25, 0.3) is 0 Å². The van der Waals surface area contributed by atoms with Crippen LogP contribution in [-0.2, 0) is 20.9 Å². The molecular weight excluding hydrogens is 388 g/mol. The maximum atomic E-state index is 12.8. The molecule has 1 heterocycles. The number of hydrogen-bond donors (Lipinski definition) is 2. The van der Waals surface area contributed by atoms with Gasteiger partial charge in [-0.1, -0.05) is 51.1 Å². The molecule has 3 N–H and O–H groups in total. The predicted molar refractivity (Wildman–Crippen MR) is 114 cm³/mol. The Morgan fingerprint density at radius 2 is 1.87 bits per heavy atom. The molecule has 0 aliphatic carbocycles. The highest BCUT2D eigenvalue weighted by Gasteiger charge is 2.26. The predicted octanol–water partition coefficient (Wildman–Crippen LogP) is 1.50. The number of H-pyrrole nitrogens is 1. The van der Waals surface area contributed by atoms with Gasteiger partial charge in [0.05, 0.1) is 6.54 Å². The van der Waals surface area contributed by atoms with Gasteiger partial charge in [-0.15, -0.1) is 0 Å². The lowest BCUT2D eigenvalue weighted by atomic mass is 10.2. The average Bonchev–Trinajstić information content (AvgIpc) is 2.69. The maximum absolute atomic E-state index is 12.8. The smallest absolute Gasteiger partial charge is 0.330 e. The van der Waals surface area contributed by atoms with Gasteiger partial charge in [0.2, 0.25) is 0 Å². The van der Waals surface area contributed by atoms with Crippen LogP contribution < -0.4 is 21.9 Å². The molecule has 1 aromatic carbocycles. The summed E-state index contributed by atoms with van der Waals surface area (Å²) in [5.74, 6) is -1.21. The summed E-state index contributed by atoms with van der Waals surface area (Å²) in [6, 6.07) is 9.13. The Balaban J connectivity index is 2.43. The molecule has 0 saturated heterocycles. The third-order valence-electron chi connectivity index (χ3n) is 4.33. The number of nitrogens with two attached hydrogens (primary N) is 1. The van der Waals surface area contributed by atoms with E-state index in [1.54, 1.807) is 0 Å². The number of rotatable bonds is 9. The molecule has 9 heteroatoms. The molecule has 2 aromatic rings. The van der Waals surface area contributed by atoms with Gasteiger partial charge in [0.1, 0.15) is 5.82 Å². The molecule has 9 nitrogen and oxygen atoms in total. The molecule has 0 fully saturated rings. The van der Waals surface area contributed by atoms with Crippen molar-refractivity contribution in [3.63, 3.8) is 0 Å². The minimum absolute atomic E-state index is 0.00593. The Bertz CT molecular complexity index is 995. The number of hydrogen-bond acceptors (Lipinski definition) is 6. The second kappa shape index (κ2) is 10.4. The van der Waals surface area contributed by atoms with Gasteiger partial charge in [0.25, 0.3) is 11.5 Å². The summed E-state index contributed by atoms with van der Waals surface area (Å²) in [6.45, 7) is 5.35. The van der Waals surface area contributed by atoms with E-state index in [0.29, 0.717) is 6.42 Å². The zero-order chi connectivity index (χ0) is 22.3. The fraction of sp³-hybridized carbons (Fsp3) is 0.429. The van der Waals surface area contributed by atoms with Crippen molar-refractivity contribution in [1.29, 1.82) is 0 Å². The highest BCUT2D eigenvalue weighted by molar-refractivity contribution is 5.97. The van der Waals surface area contributed by atoms with Crippen LogP contribution >= 0.6 is 0 Å². The van der Waals surface area contributed by atoms with Crippen molar-refractivity contribution in [2.24, 2.45) is 5.92 Å². The molecule has 0 unspecified atom stereocenters. The van der Waals surface area contributed by atoms with Crippen molar-refractivity contribution < 1.29 is 14.3 Å². The lowest BCUT2D eigenvalue weighted by Crippen LogP contribution is -2.44. The molecular formula is C21H28N4O5. The number of anilines is 2. The number of nitrogens with zero attached hydrogens (tertiary/aromatic N) is 2. The van der Waals surface area contributed by atoms with E-state index in [-0.39, 0.29) is 36.9 Å².